The quantitative estimate of drug-likeness (QED) is 0.601. The predicted octanol–water partition coefficient (Wildman–Crippen LogP) is 5.63. The van der Waals surface area contributed by atoms with Gasteiger partial charge in [-0.1, -0.05) is 37.1 Å². The van der Waals surface area contributed by atoms with Crippen LogP contribution in [0.4, 0.5) is 0 Å². The SMILES string of the molecule is CC1=CC(C)C(/C(C)=C(/C)C2SC(C)=CC2C)S1. The van der Waals surface area contributed by atoms with Crippen LogP contribution in [-0.2, 0) is 0 Å². The Bertz CT molecular complexity index is 388. The third-order valence-electron chi connectivity index (χ3n) is 4.05. The minimum atomic E-state index is 0.665. The largest absolute Gasteiger partial charge is 0.123 e. The van der Waals surface area contributed by atoms with Crippen LogP contribution in [0.3, 0.4) is 0 Å². The van der Waals surface area contributed by atoms with Crippen molar-refractivity contribution < 1.29 is 0 Å². The van der Waals surface area contributed by atoms with Crippen LogP contribution < -0.4 is 0 Å². The zero-order valence-electron chi connectivity index (χ0n) is 12.3. The Morgan fingerprint density at radius 1 is 0.833 bits per heavy atom. The number of hydrogen-bond donors (Lipinski definition) is 0. The number of allylic oxidation sites excluding steroid dienone is 4. The molecule has 2 aliphatic rings. The molecular formula is C16H24S2. The molecule has 0 aromatic carbocycles. The average molecular weight is 281 g/mol. The van der Waals surface area contributed by atoms with E-state index in [9.17, 15) is 0 Å². The minimum absolute atomic E-state index is 0.665. The Morgan fingerprint density at radius 3 is 1.39 bits per heavy atom. The van der Waals surface area contributed by atoms with Crippen LogP contribution in [0.1, 0.15) is 41.5 Å². The van der Waals surface area contributed by atoms with Crippen LogP contribution in [0.25, 0.3) is 0 Å². The second kappa shape index (κ2) is 5.50. The van der Waals surface area contributed by atoms with Gasteiger partial charge in [0.25, 0.3) is 0 Å². The molecule has 0 aromatic rings. The first-order chi connectivity index (χ1) is 8.40. The van der Waals surface area contributed by atoms with Crippen LogP contribution in [0.2, 0.25) is 0 Å². The van der Waals surface area contributed by atoms with Gasteiger partial charge in [-0.25, -0.2) is 0 Å². The molecule has 0 bridgehead atoms. The molecule has 0 aliphatic carbocycles. The first-order valence-electron chi connectivity index (χ1n) is 6.77. The summed E-state index contributed by atoms with van der Waals surface area (Å²) in [5.41, 5.74) is 3.21. The molecule has 4 atom stereocenters. The molecule has 0 nitrogen and oxygen atoms in total. The summed E-state index contributed by atoms with van der Waals surface area (Å²) in [4.78, 5) is 2.97. The Labute approximate surface area is 120 Å². The van der Waals surface area contributed by atoms with Gasteiger partial charge in [-0.3, -0.25) is 0 Å². The van der Waals surface area contributed by atoms with E-state index < -0.39 is 0 Å². The van der Waals surface area contributed by atoms with Gasteiger partial charge in [0.2, 0.25) is 0 Å². The first kappa shape index (κ1) is 14.3. The topological polar surface area (TPSA) is 0 Å². The van der Waals surface area contributed by atoms with Gasteiger partial charge < -0.3 is 0 Å². The van der Waals surface area contributed by atoms with Crippen molar-refractivity contribution in [3.05, 3.63) is 33.1 Å². The van der Waals surface area contributed by atoms with Crippen molar-refractivity contribution in [1.82, 2.24) is 0 Å². The van der Waals surface area contributed by atoms with Crippen LogP contribution in [-0.4, -0.2) is 10.5 Å². The summed E-state index contributed by atoms with van der Waals surface area (Å²) in [6.07, 6.45) is 4.83. The van der Waals surface area contributed by atoms with Crippen LogP contribution >= 0.6 is 23.5 Å². The highest BCUT2D eigenvalue weighted by molar-refractivity contribution is 8.04. The van der Waals surface area contributed by atoms with Gasteiger partial charge in [-0.2, -0.15) is 0 Å². The zero-order chi connectivity index (χ0) is 13.4. The highest BCUT2D eigenvalue weighted by Gasteiger charge is 2.30. The summed E-state index contributed by atoms with van der Waals surface area (Å²) in [7, 11) is 0. The maximum Gasteiger partial charge on any atom is 0.0361 e. The fourth-order valence-electron chi connectivity index (χ4n) is 3.02. The molecule has 4 unspecified atom stereocenters. The molecule has 0 aromatic heterocycles. The van der Waals surface area contributed by atoms with Gasteiger partial charge in [-0.15, -0.1) is 23.5 Å². The van der Waals surface area contributed by atoms with Crippen molar-refractivity contribution in [3.8, 4) is 0 Å². The summed E-state index contributed by atoms with van der Waals surface area (Å²) in [5, 5.41) is 1.33. The molecule has 100 valence electrons. The summed E-state index contributed by atoms with van der Waals surface area (Å²) in [5.74, 6) is 1.36. The van der Waals surface area contributed by atoms with Gasteiger partial charge in [-0.05, 0) is 49.3 Å². The van der Waals surface area contributed by atoms with Crippen LogP contribution in [0.15, 0.2) is 33.1 Å². The molecule has 0 saturated carbocycles. The summed E-state index contributed by atoms with van der Waals surface area (Å²) in [6.45, 7) is 13.9. The second-order valence-corrected chi connectivity index (χ2v) is 8.49. The Kier molecular flexibility index (Phi) is 4.38. The fraction of sp³-hybridized carbons (Fsp3) is 0.625. The summed E-state index contributed by atoms with van der Waals surface area (Å²) < 4.78 is 0. The number of hydrogen-bond acceptors (Lipinski definition) is 2. The average Bonchev–Trinajstić information content (AvgIpc) is 2.79. The van der Waals surface area contributed by atoms with E-state index in [1.165, 1.54) is 9.81 Å². The van der Waals surface area contributed by atoms with E-state index in [1.54, 1.807) is 11.1 Å². The molecular weight excluding hydrogens is 256 g/mol. The highest BCUT2D eigenvalue weighted by atomic mass is 32.2. The summed E-state index contributed by atoms with van der Waals surface area (Å²) >= 11 is 4.10. The molecule has 0 N–H and O–H groups in total. The maximum absolute atomic E-state index is 2.42. The maximum atomic E-state index is 2.42. The lowest BCUT2D eigenvalue weighted by molar-refractivity contribution is 0.704. The number of rotatable bonds is 2. The number of thioether (sulfide) groups is 2. The lowest BCUT2D eigenvalue weighted by Gasteiger charge is -2.24. The first-order valence-corrected chi connectivity index (χ1v) is 8.53. The van der Waals surface area contributed by atoms with Gasteiger partial charge in [0, 0.05) is 10.5 Å². The molecule has 2 rings (SSSR count). The van der Waals surface area contributed by atoms with E-state index in [4.69, 9.17) is 0 Å². The van der Waals surface area contributed by atoms with Crippen molar-refractivity contribution in [2.24, 2.45) is 11.8 Å². The monoisotopic (exact) mass is 280 g/mol. The molecule has 2 heterocycles. The van der Waals surface area contributed by atoms with E-state index in [2.05, 4.69) is 53.7 Å². The van der Waals surface area contributed by atoms with Gasteiger partial charge in [0.05, 0.1) is 0 Å². The van der Waals surface area contributed by atoms with Crippen molar-refractivity contribution in [3.63, 3.8) is 0 Å². The van der Waals surface area contributed by atoms with Crippen molar-refractivity contribution in [2.75, 3.05) is 0 Å². The molecule has 0 spiro atoms. The third-order valence-corrected chi connectivity index (χ3v) is 7.14. The predicted molar refractivity (Wildman–Crippen MR) is 87.0 cm³/mol. The Balaban J connectivity index is 2.16. The third kappa shape index (κ3) is 2.75. The molecule has 2 heteroatoms. The molecule has 2 aliphatic heterocycles. The van der Waals surface area contributed by atoms with Crippen molar-refractivity contribution in [1.29, 1.82) is 0 Å². The Morgan fingerprint density at radius 2 is 1.17 bits per heavy atom. The van der Waals surface area contributed by atoms with E-state index in [0.29, 0.717) is 22.3 Å². The molecule has 0 saturated heterocycles. The lowest BCUT2D eigenvalue weighted by Crippen LogP contribution is -2.17. The molecule has 0 fully saturated rings. The standard InChI is InChI=1S/C16H24S2/c1-9-7-11(3)17-15(9)13(5)14(6)16-10(2)8-12(4)18-16/h7-10,15-16H,1-6H3/b14-13-. The molecule has 0 amide bonds. The van der Waals surface area contributed by atoms with Gasteiger partial charge in [0.1, 0.15) is 0 Å². The zero-order valence-corrected chi connectivity index (χ0v) is 13.9. The Hall–Kier alpha value is -0.0800. The van der Waals surface area contributed by atoms with Crippen LogP contribution in [0, 0.1) is 11.8 Å². The fourth-order valence-corrected chi connectivity index (χ4v) is 5.72. The molecule has 18 heavy (non-hydrogen) atoms. The molecule has 0 radical (unpaired) electrons. The van der Waals surface area contributed by atoms with E-state index in [-0.39, 0.29) is 0 Å². The second-order valence-electron chi connectivity index (χ2n) is 5.72. The van der Waals surface area contributed by atoms with Crippen molar-refractivity contribution in [2.45, 2.75) is 52.0 Å². The van der Waals surface area contributed by atoms with Gasteiger partial charge in [0.15, 0.2) is 0 Å². The van der Waals surface area contributed by atoms with Crippen molar-refractivity contribution >= 4 is 23.5 Å². The lowest BCUT2D eigenvalue weighted by atomic mass is 9.92. The normalized spacial score (nSPS) is 37.4. The minimum Gasteiger partial charge on any atom is -0.123 e. The van der Waals surface area contributed by atoms with E-state index in [0.717, 1.165) is 0 Å². The van der Waals surface area contributed by atoms with E-state index >= 15 is 0 Å². The van der Waals surface area contributed by atoms with Crippen LogP contribution in [0.5, 0.6) is 0 Å². The highest BCUT2D eigenvalue weighted by Crippen LogP contribution is 2.45. The smallest absolute Gasteiger partial charge is 0.0361 e. The summed E-state index contributed by atoms with van der Waals surface area (Å²) in [6, 6.07) is 0. The van der Waals surface area contributed by atoms with Gasteiger partial charge >= 0.3 is 0 Å². The van der Waals surface area contributed by atoms with E-state index in [1.807, 2.05) is 23.5 Å².